The Balaban J connectivity index is 1.62. The van der Waals surface area contributed by atoms with Crippen molar-refractivity contribution >= 4 is 34.2 Å². The van der Waals surface area contributed by atoms with Gasteiger partial charge in [-0.05, 0) is 37.1 Å². The van der Waals surface area contributed by atoms with Gasteiger partial charge in [0.2, 0.25) is 0 Å². The zero-order valence-electron chi connectivity index (χ0n) is 21.5. The Hall–Kier alpha value is -4.72. The molecule has 0 N–H and O–H groups in total. The highest BCUT2D eigenvalue weighted by atomic mass is 19.1. The van der Waals surface area contributed by atoms with Crippen molar-refractivity contribution in [2.24, 2.45) is 0 Å². The summed E-state index contributed by atoms with van der Waals surface area (Å²) < 4.78 is 32.4. The van der Waals surface area contributed by atoms with Crippen LogP contribution in [-0.2, 0) is 22.6 Å². The highest BCUT2D eigenvalue weighted by Crippen LogP contribution is 2.46. The van der Waals surface area contributed by atoms with Crippen LogP contribution < -0.4 is 14.4 Å². The third-order valence-corrected chi connectivity index (χ3v) is 6.38. The lowest BCUT2D eigenvalue weighted by Crippen LogP contribution is -2.30. The van der Waals surface area contributed by atoms with Crippen LogP contribution in [0.25, 0.3) is 10.8 Å². The summed E-state index contributed by atoms with van der Waals surface area (Å²) in [4.78, 5) is 40.3. The fraction of sp³-hybridized carbons (Fsp3) is 0.194. The quantitative estimate of drug-likeness (QED) is 0.200. The van der Waals surface area contributed by atoms with Crippen molar-refractivity contribution in [3.05, 3.63) is 101 Å². The molecule has 0 saturated carbocycles. The number of carbonyl (C=O) groups is 3. The number of hydrogen-bond donors (Lipinski definition) is 0. The Morgan fingerprint density at radius 2 is 1.38 bits per heavy atom. The molecule has 4 aromatic rings. The van der Waals surface area contributed by atoms with Crippen molar-refractivity contribution in [1.29, 1.82) is 0 Å². The van der Waals surface area contributed by atoms with E-state index in [2.05, 4.69) is 0 Å². The van der Waals surface area contributed by atoms with E-state index in [0.717, 1.165) is 16.5 Å². The molecule has 8 heteroatoms. The first-order valence-electron chi connectivity index (χ1n) is 12.7. The normalized spacial score (nSPS) is 12.5. The van der Waals surface area contributed by atoms with Crippen LogP contribution in [0, 0.1) is 5.82 Å². The average molecular weight is 528 g/mol. The number of esters is 1. The van der Waals surface area contributed by atoms with Gasteiger partial charge in [-0.3, -0.25) is 14.4 Å². The lowest BCUT2D eigenvalue weighted by Gasteiger charge is -2.16. The number of benzene rings is 4. The van der Waals surface area contributed by atoms with E-state index in [1.807, 2.05) is 30.3 Å². The van der Waals surface area contributed by atoms with E-state index < -0.39 is 23.6 Å². The zero-order chi connectivity index (χ0) is 27.5. The molecule has 0 bridgehead atoms. The van der Waals surface area contributed by atoms with Gasteiger partial charge in [0, 0.05) is 10.8 Å². The Bertz CT molecular complexity index is 1580. The maximum Gasteiger partial charge on any atom is 0.310 e. The number of carbonyl (C=O) groups excluding carboxylic acids is 3. The maximum atomic E-state index is 15.3. The second-order valence-electron chi connectivity index (χ2n) is 8.87. The monoisotopic (exact) mass is 527 g/mol. The predicted molar refractivity (Wildman–Crippen MR) is 144 cm³/mol. The van der Waals surface area contributed by atoms with Gasteiger partial charge in [0.05, 0.1) is 36.4 Å². The molecule has 0 spiro atoms. The summed E-state index contributed by atoms with van der Waals surface area (Å²) in [5.74, 6) is -2.28. The van der Waals surface area contributed by atoms with Gasteiger partial charge in [0.1, 0.15) is 23.9 Å². The molecule has 1 aliphatic rings. The summed E-state index contributed by atoms with van der Waals surface area (Å²) in [7, 11) is 0. The number of fused-ring (bicyclic) bond motifs is 2. The molecule has 0 fully saturated rings. The summed E-state index contributed by atoms with van der Waals surface area (Å²) >= 11 is 0. The fourth-order valence-electron chi connectivity index (χ4n) is 4.71. The Kier molecular flexibility index (Phi) is 7.27. The summed E-state index contributed by atoms with van der Waals surface area (Å²) in [6, 6.07) is 20.6. The second kappa shape index (κ2) is 10.9. The van der Waals surface area contributed by atoms with Crippen molar-refractivity contribution in [3.63, 3.8) is 0 Å². The summed E-state index contributed by atoms with van der Waals surface area (Å²) in [5, 5.41) is 1.21. The lowest BCUT2D eigenvalue weighted by molar-refractivity contribution is -0.142. The number of hydrogen-bond acceptors (Lipinski definition) is 6. The molecular formula is C31H26FNO6. The van der Waals surface area contributed by atoms with Crippen molar-refractivity contribution in [1.82, 2.24) is 0 Å². The van der Waals surface area contributed by atoms with E-state index in [-0.39, 0.29) is 54.6 Å². The first kappa shape index (κ1) is 25.9. The molecule has 0 aliphatic carbocycles. The van der Waals surface area contributed by atoms with Crippen LogP contribution in [0.4, 0.5) is 10.1 Å². The molecule has 1 aliphatic heterocycles. The molecular weight excluding hydrogens is 501 g/mol. The maximum absolute atomic E-state index is 15.3. The van der Waals surface area contributed by atoms with E-state index in [0.29, 0.717) is 16.3 Å². The van der Waals surface area contributed by atoms with Gasteiger partial charge in [0.25, 0.3) is 11.8 Å². The third kappa shape index (κ3) is 4.81. The van der Waals surface area contributed by atoms with Crippen LogP contribution in [-0.4, -0.2) is 31.0 Å². The van der Waals surface area contributed by atoms with E-state index in [1.165, 1.54) is 12.1 Å². The molecule has 1 heterocycles. The predicted octanol–water partition coefficient (Wildman–Crippen LogP) is 5.86. The van der Waals surface area contributed by atoms with Crippen molar-refractivity contribution in [3.8, 4) is 11.5 Å². The lowest BCUT2D eigenvalue weighted by atomic mass is 9.99. The van der Waals surface area contributed by atoms with Crippen LogP contribution in [0.2, 0.25) is 0 Å². The molecule has 198 valence electrons. The number of anilines is 1. The smallest absolute Gasteiger partial charge is 0.310 e. The molecule has 2 amide bonds. The van der Waals surface area contributed by atoms with E-state index in [9.17, 15) is 14.4 Å². The Morgan fingerprint density at radius 3 is 1.97 bits per heavy atom. The van der Waals surface area contributed by atoms with Crippen LogP contribution >= 0.6 is 0 Å². The minimum atomic E-state index is -0.819. The van der Waals surface area contributed by atoms with Gasteiger partial charge >= 0.3 is 5.97 Å². The largest absolute Gasteiger partial charge is 0.492 e. The number of imide groups is 1. The molecule has 0 saturated heterocycles. The van der Waals surface area contributed by atoms with E-state index in [4.69, 9.17) is 14.2 Å². The molecule has 7 nitrogen and oxygen atoms in total. The highest BCUT2D eigenvalue weighted by molar-refractivity contribution is 6.38. The second-order valence-corrected chi connectivity index (χ2v) is 8.87. The molecule has 0 aromatic heterocycles. The minimum Gasteiger partial charge on any atom is -0.492 e. The first-order chi connectivity index (χ1) is 18.9. The van der Waals surface area contributed by atoms with Gasteiger partial charge in [-0.25, -0.2) is 9.29 Å². The van der Waals surface area contributed by atoms with Gasteiger partial charge in [-0.2, -0.15) is 0 Å². The Morgan fingerprint density at radius 1 is 0.769 bits per heavy atom. The summed E-state index contributed by atoms with van der Waals surface area (Å²) in [6.45, 7) is 4.08. The molecule has 0 radical (unpaired) electrons. The van der Waals surface area contributed by atoms with Crippen molar-refractivity contribution < 1.29 is 33.0 Å². The molecule has 39 heavy (non-hydrogen) atoms. The number of rotatable bonds is 9. The molecule has 0 atom stereocenters. The van der Waals surface area contributed by atoms with E-state index >= 15 is 4.39 Å². The van der Waals surface area contributed by atoms with Crippen LogP contribution in [0.5, 0.6) is 11.5 Å². The molecule has 0 unspecified atom stereocenters. The minimum absolute atomic E-state index is 0.0214. The fourth-order valence-corrected chi connectivity index (χ4v) is 4.71. The van der Waals surface area contributed by atoms with Crippen molar-refractivity contribution in [2.45, 2.75) is 26.9 Å². The third-order valence-electron chi connectivity index (χ3n) is 6.38. The number of ether oxygens (including phenoxy) is 3. The number of halogens is 1. The highest BCUT2D eigenvalue weighted by Gasteiger charge is 2.44. The van der Waals surface area contributed by atoms with Crippen molar-refractivity contribution in [2.75, 3.05) is 18.1 Å². The standard InChI is InChI=1S/C31H26FNO6/c1-3-37-25(34)17-20-14-15-24(23(32)16-20)33-30(35)26-27(31(33)36)29(39-18-19-10-6-5-7-11-19)22-13-9-8-12-21(22)28(26)38-4-2/h5-16H,3-4,17-18H2,1-2H3. The van der Waals surface area contributed by atoms with Crippen LogP contribution in [0.15, 0.2) is 72.8 Å². The first-order valence-corrected chi connectivity index (χ1v) is 12.7. The molecule has 4 aromatic carbocycles. The van der Waals surface area contributed by atoms with Gasteiger partial charge < -0.3 is 14.2 Å². The number of amides is 2. The van der Waals surface area contributed by atoms with Crippen LogP contribution in [0.3, 0.4) is 0 Å². The van der Waals surface area contributed by atoms with E-state index in [1.54, 1.807) is 38.1 Å². The topological polar surface area (TPSA) is 82.1 Å². The Labute approximate surface area is 224 Å². The summed E-state index contributed by atoms with van der Waals surface area (Å²) in [5.41, 5.74) is 1.06. The summed E-state index contributed by atoms with van der Waals surface area (Å²) in [6.07, 6.45) is -0.134. The van der Waals surface area contributed by atoms with Crippen LogP contribution in [0.1, 0.15) is 45.7 Å². The zero-order valence-corrected chi connectivity index (χ0v) is 21.5. The SMILES string of the molecule is CCOC(=O)Cc1ccc(N2C(=O)c3c(c(OCc4ccccc4)c4ccccc4c3OCC)C2=O)c(F)c1. The van der Waals surface area contributed by atoms with Gasteiger partial charge in [0.15, 0.2) is 0 Å². The van der Waals surface area contributed by atoms with Gasteiger partial charge in [-0.15, -0.1) is 0 Å². The number of nitrogens with zero attached hydrogens (tertiary/aromatic N) is 1. The molecule has 5 rings (SSSR count). The average Bonchev–Trinajstić information content (AvgIpc) is 3.19. The van der Waals surface area contributed by atoms with Gasteiger partial charge in [-0.1, -0.05) is 60.7 Å².